The molecule has 0 saturated heterocycles. The van der Waals surface area contributed by atoms with Crippen molar-refractivity contribution in [1.29, 1.82) is 0 Å². The van der Waals surface area contributed by atoms with Gasteiger partial charge in [0, 0.05) is 47.0 Å². The van der Waals surface area contributed by atoms with Crippen LogP contribution in [0.25, 0.3) is 45.0 Å². The summed E-state index contributed by atoms with van der Waals surface area (Å²) in [6, 6.07) is 40.1. The van der Waals surface area contributed by atoms with E-state index in [1.165, 1.54) is 0 Å². The quantitative estimate of drug-likeness (QED) is 0.215. The zero-order valence-electron chi connectivity index (χ0n) is 26.2. The number of hydrogen-bond acceptors (Lipinski definition) is 8. The summed E-state index contributed by atoms with van der Waals surface area (Å²) in [4.78, 5) is 40.5. The largest absolute Gasteiger partial charge is 0.271 e. The molecule has 0 aliphatic heterocycles. The van der Waals surface area contributed by atoms with Crippen LogP contribution in [-0.4, -0.2) is 47.9 Å². The highest BCUT2D eigenvalue weighted by molar-refractivity contribution is 7.18. The minimum absolute atomic E-state index is 0.687. The van der Waals surface area contributed by atoms with Crippen LogP contribution in [-0.2, 0) is 0 Å². The Balaban J connectivity index is 1.47. The van der Waals surface area contributed by atoms with Crippen molar-refractivity contribution >= 4 is 29.3 Å². The lowest BCUT2D eigenvalue weighted by Gasteiger charge is -2.29. The maximum atomic E-state index is 5.35. The van der Waals surface area contributed by atoms with Crippen LogP contribution < -0.4 is 21.3 Å². The van der Waals surface area contributed by atoms with Gasteiger partial charge in [0.2, 0.25) is 0 Å². The van der Waals surface area contributed by atoms with Crippen LogP contribution in [0.5, 0.6) is 0 Å². The average molecular weight is 649 g/mol. The smallest absolute Gasteiger partial charge is 0.261 e. The molecule has 4 aromatic heterocycles. The Hall–Kier alpha value is -6.58. The van der Waals surface area contributed by atoms with E-state index in [1.807, 2.05) is 146 Å². The van der Waals surface area contributed by atoms with E-state index < -0.39 is 8.07 Å². The number of aromatic nitrogens is 8. The van der Waals surface area contributed by atoms with Crippen molar-refractivity contribution in [2.45, 2.75) is 0 Å². The molecule has 0 radical (unpaired) electrons. The molecule has 0 atom stereocenters. The fourth-order valence-corrected chi connectivity index (χ4v) is 9.77. The topological polar surface area (TPSA) is 103 Å². The van der Waals surface area contributed by atoms with Crippen molar-refractivity contribution in [2.24, 2.45) is 0 Å². The highest BCUT2D eigenvalue weighted by atomic mass is 28.3. The molecule has 0 spiro atoms. The lowest BCUT2D eigenvalue weighted by Crippen LogP contribution is -2.78. The third-order valence-electron chi connectivity index (χ3n) is 8.35. The average Bonchev–Trinajstić information content (AvgIpc) is 3.20. The first-order valence-corrected chi connectivity index (χ1v) is 17.8. The second kappa shape index (κ2) is 13.3. The molecule has 8 rings (SSSR count). The summed E-state index contributed by atoms with van der Waals surface area (Å²) in [5.74, 6) is 0. The van der Waals surface area contributed by atoms with Gasteiger partial charge in [-0.1, -0.05) is 121 Å². The predicted molar refractivity (Wildman–Crippen MR) is 194 cm³/mol. The second-order valence-electron chi connectivity index (χ2n) is 11.4. The number of rotatable bonds is 8. The first-order chi connectivity index (χ1) is 24.3. The molecule has 9 heteroatoms. The van der Waals surface area contributed by atoms with Crippen molar-refractivity contribution in [3.05, 3.63) is 171 Å². The second-order valence-corrected chi connectivity index (χ2v) is 14.9. The maximum absolute atomic E-state index is 5.35. The SMILES string of the molecule is c1ccc(-c2cncc([Si](c3cncc(-c4ccccc4)n3)(c3cncc(-c4ccccc4)n3)c3cncc(-c4ccccc4)n3)n2)cc1. The molecule has 0 N–H and O–H groups in total. The van der Waals surface area contributed by atoms with Crippen molar-refractivity contribution in [3.8, 4) is 45.0 Å². The minimum Gasteiger partial charge on any atom is -0.261 e. The summed E-state index contributed by atoms with van der Waals surface area (Å²) < 4.78 is 0. The monoisotopic (exact) mass is 648 g/mol. The fraction of sp³-hybridized carbons (Fsp3) is 0. The van der Waals surface area contributed by atoms with E-state index in [9.17, 15) is 0 Å². The number of benzene rings is 4. The molecular weight excluding hydrogens is 621 g/mol. The molecule has 0 bridgehead atoms. The lowest BCUT2D eigenvalue weighted by molar-refractivity contribution is 1.18. The van der Waals surface area contributed by atoms with Crippen LogP contribution in [0.3, 0.4) is 0 Å². The van der Waals surface area contributed by atoms with Gasteiger partial charge in [-0.15, -0.1) is 0 Å². The Kier molecular flexibility index (Phi) is 8.07. The molecule has 0 aliphatic carbocycles. The van der Waals surface area contributed by atoms with Gasteiger partial charge in [0.1, 0.15) is 0 Å². The van der Waals surface area contributed by atoms with Crippen LogP contribution in [0, 0.1) is 0 Å². The molecule has 4 aromatic carbocycles. The van der Waals surface area contributed by atoms with Gasteiger partial charge in [0.15, 0.2) is 0 Å². The van der Waals surface area contributed by atoms with Crippen LogP contribution in [0.4, 0.5) is 0 Å². The van der Waals surface area contributed by atoms with Gasteiger partial charge in [0.05, 0.1) is 68.8 Å². The molecule has 0 amide bonds. The van der Waals surface area contributed by atoms with E-state index in [0.717, 1.165) is 45.0 Å². The van der Waals surface area contributed by atoms with Gasteiger partial charge in [-0.05, 0) is 0 Å². The minimum atomic E-state index is -3.65. The first kappa shape index (κ1) is 29.8. The van der Waals surface area contributed by atoms with E-state index in [0.29, 0.717) is 21.3 Å². The summed E-state index contributed by atoms with van der Waals surface area (Å²) in [6.07, 6.45) is 14.4. The highest BCUT2D eigenvalue weighted by Gasteiger charge is 2.50. The zero-order chi connectivity index (χ0) is 32.9. The molecule has 0 saturated carbocycles. The Labute approximate surface area is 284 Å². The molecule has 4 heterocycles. The van der Waals surface area contributed by atoms with Crippen LogP contribution in [0.15, 0.2) is 171 Å². The molecule has 8 aromatic rings. The van der Waals surface area contributed by atoms with Gasteiger partial charge < -0.3 is 0 Å². The standard InChI is InChI=1S/C40H28N8Si/c1-5-13-29(14-6-1)33-21-41-25-37(45-33)49(38-26-42-22-34(46-38)30-15-7-2-8-16-30,39-27-43-23-35(47-39)31-17-9-3-10-18-31)40-28-44-24-36(48-40)32-19-11-4-12-20-32/h1-28H. The van der Waals surface area contributed by atoms with Crippen LogP contribution in [0.1, 0.15) is 0 Å². The van der Waals surface area contributed by atoms with E-state index in [4.69, 9.17) is 39.9 Å². The normalized spacial score (nSPS) is 11.3. The Morgan fingerprint density at radius 1 is 0.265 bits per heavy atom. The van der Waals surface area contributed by atoms with E-state index in [1.54, 1.807) is 24.8 Å². The predicted octanol–water partition coefficient (Wildman–Crippen LogP) is 4.89. The van der Waals surface area contributed by atoms with Crippen LogP contribution >= 0.6 is 0 Å². The van der Waals surface area contributed by atoms with E-state index >= 15 is 0 Å². The number of nitrogens with zero attached hydrogens (tertiary/aromatic N) is 8. The summed E-state index contributed by atoms with van der Waals surface area (Å²) in [5, 5.41) is 2.75. The fourth-order valence-electron chi connectivity index (χ4n) is 5.97. The third kappa shape index (κ3) is 5.79. The molecule has 0 aliphatic rings. The lowest BCUT2D eigenvalue weighted by atomic mass is 10.2. The van der Waals surface area contributed by atoms with Crippen molar-refractivity contribution in [1.82, 2.24) is 39.9 Å². The van der Waals surface area contributed by atoms with Gasteiger partial charge in [-0.3, -0.25) is 39.9 Å². The number of hydrogen-bond donors (Lipinski definition) is 0. The van der Waals surface area contributed by atoms with E-state index in [-0.39, 0.29) is 0 Å². The van der Waals surface area contributed by atoms with Crippen molar-refractivity contribution in [3.63, 3.8) is 0 Å². The van der Waals surface area contributed by atoms with Crippen molar-refractivity contribution in [2.75, 3.05) is 0 Å². The van der Waals surface area contributed by atoms with Crippen molar-refractivity contribution < 1.29 is 0 Å². The summed E-state index contributed by atoms with van der Waals surface area (Å²) >= 11 is 0. The van der Waals surface area contributed by atoms with Gasteiger partial charge >= 0.3 is 0 Å². The first-order valence-electron chi connectivity index (χ1n) is 15.8. The van der Waals surface area contributed by atoms with E-state index in [2.05, 4.69) is 0 Å². The van der Waals surface area contributed by atoms with Gasteiger partial charge in [0.25, 0.3) is 8.07 Å². The molecule has 8 nitrogen and oxygen atoms in total. The summed E-state index contributed by atoms with van der Waals surface area (Å²) in [5.41, 5.74) is 6.66. The Morgan fingerprint density at radius 2 is 0.490 bits per heavy atom. The molecule has 49 heavy (non-hydrogen) atoms. The summed E-state index contributed by atoms with van der Waals surface area (Å²) in [6.45, 7) is 0. The molecule has 232 valence electrons. The van der Waals surface area contributed by atoms with Gasteiger partial charge in [-0.25, -0.2) is 0 Å². The zero-order valence-corrected chi connectivity index (χ0v) is 27.2. The maximum Gasteiger partial charge on any atom is 0.271 e. The van der Waals surface area contributed by atoms with Gasteiger partial charge in [-0.2, -0.15) is 0 Å². The van der Waals surface area contributed by atoms with Crippen LogP contribution in [0.2, 0.25) is 0 Å². The summed E-state index contributed by atoms with van der Waals surface area (Å²) in [7, 11) is -3.65. The Morgan fingerprint density at radius 3 is 0.714 bits per heavy atom. The highest BCUT2D eigenvalue weighted by Crippen LogP contribution is 2.20. The Bertz CT molecular complexity index is 2000. The molecule has 0 fully saturated rings. The third-order valence-corrected chi connectivity index (χ3v) is 12.4. The molecule has 0 unspecified atom stereocenters. The molecular formula is C40H28N8Si.